The van der Waals surface area contributed by atoms with Crippen molar-refractivity contribution in [2.75, 3.05) is 14.1 Å². The Labute approximate surface area is 113 Å². The molecule has 0 amide bonds. The molecule has 2 rings (SSSR count). The summed E-state index contributed by atoms with van der Waals surface area (Å²) in [5.74, 6) is -0.694. The second-order valence-corrected chi connectivity index (χ2v) is 5.44. The van der Waals surface area contributed by atoms with Crippen molar-refractivity contribution in [2.45, 2.75) is 44.3 Å². The Hall–Kier alpha value is -1.00. The van der Waals surface area contributed by atoms with E-state index in [9.17, 15) is 8.78 Å². The molecule has 0 aliphatic heterocycles. The Balaban J connectivity index is 1.94. The Kier molecular flexibility index (Phi) is 4.88. The zero-order valence-electron chi connectivity index (χ0n) is 11.6. The van der Waals surface area contributed by atoms with Crippen LogP contribution < -0.4 is 5.32 Å². The minimum absolute atomic E-state index is 0.322. The average molecular weight is 268 g/mol. The fourth-order valence-corrected chi connectivity index (χ4v) is 2.87. The van der Waals surface area contributed by atoms with E-state index in [-0.39, 0.29) is 11.6 Å². The highest BCUT2D eigenvalue weighted by Gasteiger charge is 2.23. The lowest BCUT2D eigenvalue weighted by atomic mass is 9.90. The van der Waals surface area contributed by atoms with Gasteiger partial charge in [-0.05, 0) is 58.0 Å². The molecule has 1 aromatic carbocycles. The molecule has 4 heteroatoms. The van der Waals surface area contributed by atoms with Gasteiger partial charge in [0.2, 0.25) is 0 Å². The summed E-state index contributed by atoms with van der Waals surface area (Å²) in [6.07, 6.45) is 4.52. The zero-order chi connectivity index (χ0) is 13.8. The molecule has 0 saturated heterocycles. The SMILES string of the molecule is CNC1CCC(N(C)Cc2cc(F)ccc2F)CC1. The molecule has 0 radical (unpaired) electrons. The summed E-state index contributed by atoms with van der Waals surface area (Å²) in [5.41, 5.74) is 0.443. The molecule has 1 aliphatic carbocycles. The summed E-state index contributed by atoms with van der Waals surface area (Å²) in [7, 11) is 3.99. The van der Waals surface area contributed by atoms with Gasteiger partial charge in [0.1, 0.15) is 11.6 Å². The van der Waals surface area contributed by atoms with E-state index in [1.807, 2.05) is 14.1 Å². The standard InChI is InChI=1S/C15H22F2N2/c1-18-13-4-6-14(7-5-13)19(2)10-11-9-12(16)3-8-15(11)17/h3,8-9,13-14,18H,4-7,10H2,1-2H3. The molecule has 0 unspecified atom stereocenters. The minimum Gasteiger partial charge on any atom is -0.317 e. The first-order chi connectivity index (χ1) is 9.10. The highest BCUT2D eigenvalue weighted by Crippen LogP contribution is 2.24. The fraction of sp³-hybridized carbons (Fsp3) is 0.600. The molecule has 0 aromatic heterocycles. The predicted octanol–water partition coefficient (Wildman–Crippen LogP) is 2.93. The van der Waals surface area contributed by atoms with Crippen molar-refractivity contribution in [3.05, 3.63) is 35.4 Å². The molecule has 1 N–H and O–H groups in total. The van der Waals surface area contributed by atoms with Crippen molar-refractivity contribution in [3.8, 4) is 0 Å². The maximum atomic E-state index is 13.6. The van der Waals surface area contributed by atoms with Crippen LogP contribution in [0.2, 0.25) is 0 Å². The van der Waals surface area contributed by atoms with Crippen LogP contribution in [0.15, 0.2) is 18.2 Å². The molecule has 0 heterocycles. The first-order valence-electron chi connectivity index (χ1n) is 6.91. The van der Waals surface area contributed by atoms with Gasteiger partial charge < -0.3 is 5.32 Å². The van der Waals surface area contributed by atoms with Gasteiger partial charge in [-0.2, -0.15) is 0 Å². The van der Waals surface area contributed by atoms with Crippen molar-refractivity contribution in [1.82, 2.24) is 10.2 Å². The maximum Gasteiger partial charge on any atom is 0.127 e. The third-order valence-corrected chi connectivity index (χ3v) is 4.16. The molecule has 0 atom stereocenters. The van der Waals surface area contributed by atoms with Crippen LogP contribution in [0.5, 0.6) is 0 Å². The lowest BCUT2D eigenvalue weighted by molar-refractivity contribution is 0.168. The number of nitrogens with one attached hydrogen (secondary N) is 1. The minimum atomic E-state index is -0.372. The number of rotatable bonds is 4. The van der Waals surface area contributed by atoms with Crippen molar-refractivity contribution in [1.29, 1.82) is 0 Å². The second-order valence-electron chi connectivity index (χ2n) is 5.44. The first-order valence-corrected chi connectivity index (χ1v) is 6.91. The quantitative estimate of drug-likeness (QED) is 0.903. The topological polar surface area (TPSA) is 15.3 Å². The molecule has 106 valence electrons. The van der Waals surface area contributed by atoms with Crippen LogP contribution in [0, 0.1) is 11.6 Å². The van der Waals surface area contributed by atoms with Crippen LogP contribution in [0.4, 0.5) is 8.78 Å². The van der Waals surface area contributed by atoms with Crippen LogP contribution in [0.25, 0.3) is 0 Å². The van der Waals surface area contributed by atoms with Crippen molar-refractivity contribution in [2.24, 2.45) is 0 Å². The van der Waals surface area contributed by atoms with Gasteiger partial charge in [0, 0.05) is 24.2 Å². The maximum absolute atomic E-state index is 13.6. The van der Waals surface area contributed by atoms with E-state index in [2.05, 4.69) is 10.2 Å². The summed E-state index contributed by atoms with van der Waals surface area (Å²) in [4.78, 5) is 2.14. The van der Waals surface area contributed by atoms with Crippen LogP contribution in [0.3, 0.4) is 0 Å². The summed E-state index contributed by atoms with van der Waals surface area (Å²) >= 11 is 0. The van der Waals surface area contributed by atoms with Gasteiger partial charge in [-0.1, -0.05) is 0 Å². The molecule has 1 saturated carbocycles. The van der Waals surface area contributed by atoms with Crippen LogP contribution in [-0.4, -0.2) is 31.1 Å². The summed E-state index contributed by atoms with van der Waals surface area (Å²) < 4.78 is 26.8. The van der Waals surface area contributed by atoms with E-state index < -0.39 is 0 Å². The van der Waals surface area contributed by atoms with Crippen molar-refractivity contribution < 1.29 is 8.78 Å². The number of nitrogens with zero attached hydrogens (tertiary/aromatic N) is 1. The van der Waals surface area contributed by atoms with Gasteiger partial charge in [-0.3, -0.25) is 4.90 Å². The predicted molar refractivity (Wildman–Crippen MR) is 72.9 cm³/mol. The normalized spacial score (nSPS) is 23.8. The highest BCUT2D eigenvalue weighted by atomic mass is 19.1. The molecule has 2 nitrogen and oxygen atoms in total. The summed E-state index contributed by atoms with van der Waals surface area (Å²) in [6.45, 7) is 0.471. The molecule has 0 spiro atoms. The number of hydrogen-bond acceptors (Lipinski definition) is 2. The second kappa shape index (κ2) is 6.44. The van der Waals surface area contributed by atoms with Crippen molar-refractivity contribution in [3.63, 3.8) is 0 Å². The first kappa shape index (κ1) is 14.4. The molecule has 1 fully saturated rings. The molecule has 1 aromatic rings. The monoisotopic (exact) mass is 268 g/mol. The van der Waals surface area contributed by atoms with Gasteiger partial charge in [0.15, 0.2) is 0 Å². The fourth-order valence-electron chi connectivity index (χ4n) is 2.87. The largest absolute Gasteiger partial charge is 0.317 e. The van der Waals surface area contributed by atoms with Gasteiger partial charge >= 0.3 is 0 Å². The third-order valence-electron chi connectivity index (χ3n) is 4.16. The number of halogens is 2. The van der Waals surface area contributed by atoms with E-state index in [4.69, 9.17) is 0 Å². The molecular formula is C15H22F2N2. The lowest BCUT2D eigenvalue weighted by Gasteiger charge is -2.34. The highest BCUT2D eigenvalue weighted by molar-refractivity contribution is 5.18. The van der Waals surface area contributed by atoms with E-state index in [0.717, 1.165) is 31.7 Å². The van der Waals surface area contributed by atoms with E-state index in [1.54, 1.807) is 0 Å². The Morgan fingerprint density at radius 1 is 1.21 bits per heavy atom. The smallest absolute Gasteiger partial charge is 0.127 e. The lowest BCUT2D eigenvalue weighted by Crippen LogP contribution is -2.39. The van der Waals surface area contributed by atoms with E-state index >= 15 is 0 Å². The Bertz CT molecular complexity index is 415. The molecule has 0 bridgehead atoms. The number of hydrogen-bond donors (Lipinski definition) is 1. The van der Waals surface area contributed by atoms with Crippen LogP contribution in [0.1, 0.15) is 31.2 Å². The van der Waals surface area contributed by atoms with Gasteiger partial charge in [0.05, 0.1) is 0 Å². The van der Waals surface area contributed by atoms with Gasteiger partial charge in [-0.15, -0.1) is 0 Å². The van der Waals surface area contributed by atoms with E-state index in [1.165, 1.54) is 12.1 Å². The Morgan fingerprint density at radius 3 is 2.53 bits per heavy atom. The van der Waals surface area contributed by atoms with E-state index in [0.29, 0.717) is 24.2 Å². The summed E-state index contributed by atoms with van der Waals surface area (Å²) in [5, 5.41) is 3.30. The molecule has 1 aliphatic rings. The molecule has 19 heavy (non-hydrogen) atoms. The number of benzene rings is 1. The van der Waals surface area contributed by atoms with Crippen LogP contribution in [-0.2, 0) is 6.54 Å². The molecular weight excluding hydrogens is 246 g/mol. The average Bonchev–Trinajstić information content (AvgIpc) is 2.43. The Morgan fingerprint density at radius 2 is 1.89 bits per heavy atom. The van der Waals surface area contributed by atoms with Crippen molar-refractivity contribution >= 4 is 0 Å². The van der Waals surface area contributed by atoms with Gasteiger partial charge in [-0.25, -0.2) is 8.78 Å². The van der Waals surface area contributed by atoms with Gasteiger partial charge in [0.25, 0.3) is 0 Å². The van der Waals surface area contributed by atoms with Crippen LogP contribution >= 0.6 is 0 Å². The summed E-state index contributed by atoms with van der Waals surface area (Å²) in [6, 6.07) is 4.74. The zero-order valence-corrected chi connectivity index (χ0v) is 11.6. The third kappa shape index (κ3) is 3.74.